The van der Waals surface area contributed by atoms with Crippen LogP contribution in [-0.4, -0.2) is 51.0 Å². The van der Waals surface area contributed by atoms with Gasteiger partial charge in [0.1, 0.15) is 0 Å². The molecule has 26 heavy (non-hydrogen) atoms. The summed E-state index contributed by atoms with van der Waals surface area (Å²) >= 11 is 0. The number of piperidine rings is 1. The van der Waals surface area contributed by atoms with Gasteiger partial charge in [0.05, 0.1) is 11.0 Å². The average molecular weight is 381 g/mol. The number of hydrogen-bond donors (Lipinski definition) is 1. The van der Waals surface area contributed by atoms with Crippen LogP contribution in [0.3, 0.4) is 0 Å². The van der Waals surface area contributed by atoms with E-state index in [0.717, 1.165) is 30.6 Å². The van der Waals surface area contributed by atoms with Crippen LogP contribution in [0, 0.1) is 19.8 Å². The predicted octanol–water partition coefficient (Wildman–Crippen LogP) is 2.00. The van der Waals surface area contributed by atoms with Gasteiger partial charge in [-0.25, -0.2) is 8.42 Å². The first kappa shape index (κ1) is 19.3. The molecule has 0 bridgehead atoms. The summed E-state index contributed by atoms with van der Waals surface area (Å²) in [5.74, 6) is -0.106. The molecule has 2 fully saturated rings. The quantitative estimate of drug-likeness (QED) is 0.848. The third kappa shape index (κ3) is 4.27. The highest BCUT2D eigenvalue weighted by Crippen LogP contribution is 2.26. The predicted molar refractivity (Wildman–Crippen MR) is 99.4 cm³/mol. The van der Waals surface area contributed by atoms with Crippen LogP contribution in [0.2, 0.25) is 0 Å². The Hall–Kier alpha value is -1.44. The van der Waals surface area contributed by atoms with Gasteiger partial charge in [-0.3, -0.25) is 4.79 Å². The molecule has 1 aromatic rings. The summed E-state index contributed by atoms with van der Waals surface area (Å²) in [6, 6.07) is 5.39. The van der Waals surface area contributed by atoms with Crippen LogP contribution < -0.4 is 5.32 Å². The third-order valence-corrected chi connectivity index (χ3v) is 7.36. The summed E-state index contributed by atoms with van der Waals surface area (Å²) < 4.78 is 32.8. The number of amides is 1. The van der Waals surface area contributed by atoms with Gasteiger partial charge in [0.25, 0.3) is 0 Å². The molecule has 0 aromatic heterocycles. The van der Waals surface area contributed by atoms with E-state index in [-0.39, 0.29) is 17.9 Å². The topological polar surface area (TPSA) is 75.7 Å². The lowest BCUT2D eigenvalue weighted by Gasteiger charge is -2.31. The van der Waals surface area contributed by atoms with Crippen LogP contribution in [0.25, 0.3) is 0 Å². The zero-order valence-corrected chi connectivity index (χ0v) is 16.3. The van der Waals surface area contributed by atoms with Crippen molar-refractivity contribution in [2.24, 2.45) is 5.92 Å². The van der Waals surface area contributed by atoms with E-state index in [2.05, 4.69) is 5.32 Å². The fourth-order valence-corrected chi connectivity index (χ4v) is 5.43. The van der Waals surface area contributed by atoms with Crippen molar-refractivity contribution in [2.45, 2.75) is 50.5 Å². The Morgan fingerprint density at radius 3 is 2.58 bits per heavy atom. The molecular weight excluding hydrogens is 352 g/mol. The molecule has 2 heterocycles. The lowest BCUT2D eigenvalue weighted by Crippen LogP contribution is -2.44. The Kier molecular flexibility index (Phi) is 5.99. The summed E-state index contributed by atoms with van der Waals surface area (Å²) in [7, 11) is -3.50. The van der Waals surface area contributed by atoms with E-state index in [4.69, 9.17) is 4.74 Å². The number of aryl methyl sites for hydroxylation is 2. The van der Waals surface area contributed by atoms with Gasteiger partial charge >= 0.3 is 0 Å². The number of hydrogen-bond acceptors (Lipinski definition) is 4. The highest BCUT2D eigenvalue weighted by Gasteiger charge is 2.33. The Morgan fingerprint density at radius 2 is 1.96 bits per heavy atom. The maximum Gasteiger partial charge on any atom is 0.243 e. The Bertz CT molecular complexity index is 749. The van der Waals surface area contributed by atoms with E-state index in [1.165, 1.54) is 4.31 Å². The van der Waals surface area contributed by atoms with E-state index in [0.29, 0.717) is 37.4 Å². The van der Waals surface area contributed by atoms with E-state index in [9.17, 15) is 13.2 Å². The van der Waals surface area contributed by atoms with Crippen molar-refractivity contribution in [3.8, 4) is 0 Å². The van der Waals surface area contributed by atoms with E-state index < -0.39 is 10.0 Å². The first-order chi connectivity index (χ1) is 12.4. The van der Waals surface area contributed by atoms with Gasteiger partial charge in [-0.2, -0.15) is 4.31 Å². The monoisotopic (exact) mass is 380 g/mol. The molecule has 0 saturated carbocycles. The first-order valence-electron chi connectivity index (χ1n) is 9.34. The summed E-state index contributed by atoms with van der Waals surface area (Å²) in [5, 5.41) is 2.96. The second-order valence-electron chi connectivity index (χ2n) is 7.33. The van der Waals surface area contributed by atoms with Crippen molar-refractivity contribution >= 4 is 15.9 Å². The molecule has 144 valence electrons. The van der Waals surface area contributed by atoms with Gasteiger partial charge in [0, 0.05) is 32.2 Å². The molecule has 1 aromatic carbocycles. The maximum absolute atomic E-state index is 12.9. The van der Waals surface area contributed by atoms with Crippen molar-refractivity contribution < 1.29 is 17.9 Å². The van der Waals surface area contributed by atoms with Crippen molar-refractivity contribution in [3.63, 3.8) is 0 Å². The van der Waals surface area contributed by atoms with Crippen LogP contribution in [0.5, 0.6) is 0 Å². The van der Waals surface area contributed by atoms with Crippen LogP contribution in [0.4, 0.5) is 0 Å². The first-order valence-corrected chi connectivity index (χ1v) is 10.8. The van der Waals surface area contributed by atoms with E-state index >= 15 is 0 Å². The molecule has 1 unspecified atom stereocenters. The van der Waals surface area contributed by atoms with E-state index in [1.807, 2.05) is 26.0 Å². The highest BCUT2D eigenvalue weighted by atomic mass is 32.2. The second-order valence-corrected chi connectivity index (χ2v) is 9.23. The third-order valence-electron chi connectivity index (χ3n) is 5.30. The van der Waals surface area contributed by atoms with Gasteiger partial charge in [0.15, 0.2) is 0 Å². The van der Waals surface area contributed by atoms with Crippen molar-refractivity contribution in [2.75, 3.05) is 26.2 Å². The number of sulfonamides is 1. The van der Waals surface area contributed by atoms with Crippen LogP contribution in [0.1, 0.15) is 36.8 Å². The fourth-order valence-electron chi connectivity index (χ4n) is 3.75. The zero-order chi connectivity index (χ0) is 18.7. The number of ether oxygens (including phenoxy) is 1. The highest BCUT2D eigenvalue weighted by molar-refractivity contribution is 7.89. The Balaban J connectivity index is 1.56. The molecule has 0 radical (unpaired) electrons. The van der Waals surface area contributed by atoms with Crippen LogP contribution >= 0.6 is 0 Å². The van der Waals surface area contributed by atoms with E-state index in [1.54, 1.807) is 6.07 Å². The van der Waals surface area contributed by atoms with Crippen LogP contribution in [0.15, 0.2) is 23.1 Å². The smallest absolute Gasteiger partial charge is 0.243 e. The molecule has 2 aliphatic heterocycles. The lowest BCUT2D eigenvalue weighted by molar-refractivity contribution is -0.126. The SMILES string of the molecule is Cc1ccc(S(=O)(=O)N2CCC(C(=O)NCC3CCCO3)CC2)c(C)c1. The molecule has 0 spiro atoms. The molecule has 1 amide bonds. The molecule has 1 N–H and O–H groups in total. The number of benzene rings is 1. The standard InChI is InChI=1S/C19H28N2O4S/c1-14-5-6-18(15(2)12-14)26(23,24)21-9-7-16(8-10-21)19(22)20-13-17-4-3-11-25-17/h5-6,12,16-17H,3-4,7-11,13H2,1-2H3,(H,20,22). The minimum Gasteiger partial charge on any atom is -0.376 e. The molecule has 7 heteroatoms. The number of carbonyl (C=O) groups excluding carboxylic acids is 1. The van der Waals surface area contributed by atoms with Gasteiger partial charge in [0.2, 0.25) is 15.9 Å². The minimum absolute atomic E-state index is 0.0177. The normalized spacial score (nSPS) is 22.5. The summed E-state index contributed by atoms with van der Waals surface area (Å²) in [4.78, 5) is 12.7. The Labute approximate surface area is 156 Å². The molecule has 6 nitrogen and oxygen atoms in total. The van der Waals surface area contributed by atoms with Gasteiger partial charge < -0.3 is 10.1 Å². The van der Waals surface area contributed by atoms with Crippen molar-refractivity contribution in [1.29, 1.82) is 0 Å². The number of rotatable bonds is 5. The van der Waals surface area contributed by atoms with Crippen molar-refractivity contribution in [3.05, 3.63) is 29.3 Å². The van der Waals surface area contributed by atoms with Gasteiger partial charge in [-0.15, -0.1) is 0 Å². The Morgan fingerprint density at radius 1 is 1.23 bits per heavy atom. The summed E-state index contributed by atoms with van der Waals surface area (Å²) in [6.45, 7) is 5.87. The van der Waals surface area contributed by atoms with Crippen LogP contribution in [-0.2, 0) is 19.6 Å². The number of nitrogens with zero attached hydrogens (tertiary/aromatic N) is 1. The zero-order valence-electron chi connectivity index (χ0n) is 15.5. The molecule has 2 aliphatic rings. The maximum atomic E-state index is 12.9. The lowest BCUT2D eigenvalue weighted by atomic mass is 9.97. The fraction of sp³-hybridized carbons (Fsp3) is 0.632. The second kappa shape index (κ2) is 8.06. The number of carbonyl (C=O) groups is 1. The summed E-state index contributed by atoms with van der Waals surface area (Å²) in [5.41, 5.74) is 1.81. The number of nitrogens with one attached hydrogen (secondary N) is 1. The van der Waals surface area contributed by atoms with Gasteiger partial charge in [-0.05, 0) is 51.2 Å². The largest absolute Gasteiger partial charge is 0.376 e. The molecular formula is C19H28N2O4S. The summed E-state index contributed by atoms with van der Waals surface area (Å²) in [6.07, 6.45) is 3.29. The van der Waals surface area contributed by atoms with Crippen molar-refractivity contribution in [1.82, 2.24) is 9.62 Å². The molecule has 0 aliphatic carbocycles. The minimum atomic E-state index is -3.50. The van der Waals surface area contributed by atoms with Gasteiger partial charge in [-0.1, -0.05) is 17.7 Å². The average Bonchev–Trinajstić information content (AvgIpc) is 3.13. The molecule has 1 atom stereocenters. The molecule has 3 rings (SSSR count). The molecule has 2 saturated heterocycles.